The molecule has 1 rings (SSSR count). The lowest BCUT2D eigenvalue weighted by Crippen LogP contribution is -2.15. The Morgan fingerprint density at radius 1 is 1.13 bits per heavy atom. The second-order valence-electron chi connectivity index (χ2n) is 4.88. The van der Waals surface area contributed by atoms with Crippen molar-refractivity contribution in [1.82, 2.24) is 0 Å². The highest BCUT2D eigenvalue weighted by molar-refractivity contribution is 6.81. The predicted octanol–water partition coefficient (Wildman–Crippen LogP) is 3.78. The maximum atomic E-state index is 11.1. The SMILES string of the molecule is CC(=O)c1ccc(/C=C/[Si](C)(C)C)cc1. The number of carbonyl (C=O) groups is 1. The van der Waals surface area contributed by atoms with E-state index in [9.17, 15) is 4.79 Å². The first kappa shape index (κ1) is 11.9. The average molecular weight is 218 g/mol. The smallest absolute Gasteiger partial charge is 0.159 e. The van der Waals surface area contributed by atoms with Gasteiger partial charge in [0.05, 0.1) is 8.07 Å². The zero-order valence-electron chi connectivity index (χ0n) is 9.87. The molecule has 0 aliphatic rings. The van der Waals surface area contributed by atoms with E-state index in [1.165, 1.54) is 5.56 Å². The largest absolute Gasteiger partial charge is 0.295 e. The van der Waals surface area contributed by atoms with Crippen molar-refractivity contribution in [2.24, 2.45) is 0 Å². The second-order valence-corrected chi connectivity index (χ2v) is 9.94. The molecule has 1 aromatic carbocycles. The summed E-state index contributed by atoms with van der Waals surface area (Å²) in [6.45, 7) is 8.49. The molecule has 0 aromatic heterocycles. The third-order valence-corrected chi connectivity index (χ3v) is 3.26. The van der Waals surface area contributed by atoms with Crippen LogP contribution in [0.1, 0.15) is 22.8 Å². The van der Waals surface area contributed by atoms with Gasteiger partial charge in [-0.3, -0.25) is 4.79 Å². The molecular formula is C13H18OSi. The number of benzene rings is 1. The Labute approximate surface area is 92.8 Å². The molecule has 2 heteroatoms. The maximum Gasteiger partial charge on any atom is 0.159 e. The van der Waals surface area contributed by atoms with E-state index in [-0.39, 0.29) is 5.78 Å². The van der Waals surface area contributed by atoms with Crippen molar-refractivity contribution in [2.75, 3.05) is 0 Å². The second kappa shape index (κ2) is 4.58. The molecule has 0 unspecified atom stereocenters. The molecule has 0 spiro atoms. The van der Waals surface area contributed by atoms with Crippen molar-refractivity contribution in [3.63, 3.8) is 0 Å². The quantitative estimate of drug-likeness (QED) is 0.557. The van der Waals surface area contributed by atoms with Crippen LogP contribution < -0.4 is 0 Å². The standard InChI is InChI=1S/C13H18OSi/c1-11(14)13-7-5-12(6-8-13)9-10-15(2,3)4/h5-10H,1-4H3/b10-9+. The number of ketones is 1. The van der Waals surface area contributed by atoms with Gasteiger partial charge in [-0.2, -0.15) is 0 Å². The molecule has 1 aromatic rings. The van der Waals surface area contributed by atoms with Gasteiger partial charge in [-0.15, -0.1) is 0 Å². The van der Waals surface area contributed by atoms with Gasteiger partial charge in [-0.1, -0.05) is 55.7 Å². The van der Waals surface area contributed by atoms with Crippen LogP contribution in [0.25, 0.3) is 6.08 Å². The topological polar surface area (TPSA) is 17.1 Å². The van der Waals surface area contributed by atoms with Gasteiger partial charge in [-0.05, 0) is 12.5 Å². The van der Waals surface area contributed by atoms with Gasteiger partial charge in [0.15, 0.2) is 5.78 Å². The molecule has 0 saturated carbocycles. The summed E-state index contributed by atoms with van der Waals surface area (Å²) in [5.41, 5.74) is 4.25. The highest BCUT2D eigenvalue weighted by Gasteiger charge is 2.06. The number of Topliss-reactive ketones (excluding diaryl/α,β-unsaturated/α-hetero) is 1. The molecule has 15 heavy (non-hydrogen) atoms. The highest BCUT2D eigenvalue weighted by Crippen LogP contribution is 2.10. The van der Waals surface area contributed by atoms with E-state index in [0.29, 0.717) is 0 Å². The normalized spacial score (nSPS) is 12.0. The maximum absolute atomic E-state index is 11.1. The van der Waals surface area contributed by atoms with Crippen LogP contribution in [0.2, 0.25) is 19.6 Å². The molecule has 0 radical (unpaired) electrons. The molecule has 0 saturated heterocycles. The Morgan fingerprint density at radius 3 is 2.07 bits per heavy atom. The monoisotopic (exact) mass is 218 g/mol. The van der Waals surface area contributed by atoms with Crippen molar-refractivity contribution in [3.8, 4) is 0 Å². The van der Waals surface area contributed by atoms with Crippen molar-refractivity contribution >= 4 is 19.9 Å². The molecule has 0 bridgehead atoms. The van der Waals surface area contributed by atoms with E-state index in [1.54, 1.807) is 6.92 Å². The van der Waals surface area contributed by atoms with Gasteiger partial charge in [0.2, 0.25) is 0 Å². The molecule has 0 heterocycles. The first-order valence-corrected chi connectivity index (χ1v) is 8.76. The molecule has 0 N–H and O–H groups in total. The first-order valence-electron chi connectivity index (χ1n) is 5.19. The Bertz CT molecular complexity index is 369. The summed E-state index contributed by atoms with van der Waals surface area (Å²) in [6, 6.07) is 7.75. The van der Waals surface area contributed by atoms with Crippen molar-refractivity contribution < 1.29 is 4.79 Å². The summed E-state index contributed by atoms with van der Waals surface area (Å²) in [7, 11) is -1.12. The fourth-order valence-corrected chi connectivity index (χ4v) is 1.87. The Hall–Kier alpha value is -1.15. The molecule has 0 amide bonds. The minimum atomic E-state index is -1.12. The summed E-state index contributed by atoms with van der Waals surface area (Å²) < 4.78 is 0. The molecule has 1 nitrogen and oxygen atoms in total. The lowest BCUT2D eigenvalue weighted by Gasteiger charge is -2.08. The molecular weight excluding hydrogens is 200 g/mol. The number of carbonyl (C=O) groups excluding carboxylic acids is 1. The molecule has 0 aliphatic heterocycles. The molecule has 80 valence electrons. The number of hydrogen-bond donors (Lipinski definition) is 0. The van der Waals surface area contributed by atoms with Crippen LogP contribution in [-0.2, 0) is 0 Å². The minimum Gasteiger partial charge on any atom is -0.295 e. The lowest BCUT2D eigenvalue weighted by atomic mass is 10.1. The van der Waals surface area contributed by atoms with Crippen molar-refractivity contribution in [1.29, 1.82) is 0 Å². The predicted molar refractivity (Wildman–Crippen MR) is 68.8 cm³/mol. The van der Waals surface area contributed by atoms with E-state index in [2.05, 4.69) is 31.4 Å². The third kappa shape index (κ3) is 4.26. The zero-order valence-corrected chi connectivity index (χ0v) is 10.9. The van der Waals surface area contributed by atoms with Gasteiger partial charge in [0.25, 0.3) is 0 Å². The minimum absolute atomic E-state index is 0.121. The number of hydrogen-bond acceptors (Lipinski definition) is 1. The molecule has 0 aliphatic carbocycles. The first-order chi connectivity index (χ1) is 6.88. The Kier molecular flexibility index (Phi) is 3.64. The molecule has 0 atom stereocenters. The van der Waals surface area contributed by atoms with Crippen molar-refractivity contribution in [3.05, 3.63) is 41.1 Å². The molecule has 0 fully saturated rings. The summed E-state index contributed by atoms with van der Waals surface area (Å²) >= 11 is 0. The summed E-state index contributed by atoms with van der Waals surface area (Å²) in [5.74, 6) is 0.121. The zero-order chi connectivity index (χ0) is 11.5. The average Bonchev–Trinajstić information content (AvgIpc) is 2.14. The Balaban J connectivity index is 2.82. The van der Waals surface area contributed by atoms with Crippen LogP contribution in [0.4, 0.5) is 0 Å². The van der Waals surface area contributed by atoms with E-state index in [4.69, 9.17) is 0 Å². The van der Waals surface area contributed by atoms with Crippen LogP contribution in [0.5, 0.6) is 0 Å². The lowest BCUT2D eigenvalue weighted by molar-refractivity contribution is 0.101. The van der Waals surface area contributed by atoms with E-state index in [0.717, 1.165) is 5.56 Å². The summed E-state index contributed by atoms with van der Waals surface area (Å²) in [4.78, 5) is 11.1. The van der Waals surface area contributed by atoms with Gasteiger partial charge in [-0.25, -0.2) is 0 Å². The van der Waals surface area contributed by atoms with Gasteiger partial charge in [0, 0.05) is 5.56 Å². The van der Waals surface area contributed by atoms with Gasteiger partial charge < -0.3 is 0 Å². The number of rotatable bonds is 3. The third-order valence-electron chi connectivity index (χ3n) is 2.09. The van der Waals surface area contributed by atoms with E-state index >= 15 is 0 Å². The van der Waals surface area contributed by atoms with Crippen LogP contribution >= 0.6 is 0 Å². The van der Waals surface area contributed by atoms with E-state index in [1.807, 2.05) is 24.3 Å². The van der Waals surface area contributed by atoms with Crippen molar-refractivity contribution in [2.45, 2.75) is 26.6 Å². The fourth-order valence-electron chi connectivity index (χ4n) is 1.18. The fraction of sp³-hybridized carbons (Fsp3) is 0.308. The summed E-state index contributed by atoms with van der Waals surface area (Å²) in [6.07, 6.45) is 2.15. The van der Waals surface area contributed by atoms with E-state index < -0.39 is 8.07 Å². The van der Waals surface area contributed by atoms with Crippen LogP contribution in [0, 0.1) is 0 Å². The Morgan fingerprint density at radius 2 is 1.67 bits per heavy atom. The highest BCUT2D eigenvalue weighted by atomic mass is 28.3. The van der Waals surface area contributed by atoms with Crippen LogP contribution in [0.15, 0.2) is 30.0 Å². The van der Waals surface area contributed by atoms with Crippen LogP contribution in [-0.4, -0.2) is 13.9 Å². The van der Waals surface area contributed by atoms with Crippen LogP contribution in [0.3, 0.4) is 0 Å². The van der Waals surface area contributed by atoms with Gasteiger partial charge in [0.1, 0.15) is 0 Å². The summed E-state index contributed by atoms with van der Waals surface area (Å²) in [5, 5.41) is 0. The van der Waals surface area contributed by atoms with Gasteiger partial charge >= 0.3 is 0 Å².